The first-order valence-corrected chi connectivity index (χ1v) is 12.9. The summed E-state index contributed by atoms with van der Waals surface area (Å²) in [7, 11) is -3.05. The van der Waals surface area contributed by atoms with Crippen LogP contribution in [0.2, 0.25) is 0 Å². The molecule has 1 aliphatic heterocycles. The van der Waals surface area contributed by atoms with E-state index in [1.54, 1.807) is 12.1 Å². The van der Waals surface area contributed by atoms with Crippen LogP contribution in [0.5, 0.6) is 17.5 Å². The molecule has 5 rings (SSSR count). The SMILES string of the molecule is CC1(NC(=O)c2cn3nc(Oc4ncc(F)cc4OCC4CC4)ccc3n2)CCS(=O)(=O)CC1. The lowest BCUT2D eigenvalue weighted by molar-refractivity contribution is 0.0895. The number of nitrogens with zero attached hydrogens (tertiary/aromatic N) is 4. The second kappa shape index (κ2) is 8.49. The van der Waals surface area contributed by atoms with Gasteiger partial charge in [0.1, 0.15) is 21.3 Å². The van der Waals surface area contributed by atoms with Gasteiger partial charge < -0.3 is 14.8 Å². The Bertz CT molecular complexity index is 1340. The van der Waals surface area contributed by atoms with E-state index in [0.29, 0.717) is 31.0 Å². The van der Waals surface area contributed by atoms with E-state index in [9.17, 15) is 17.6 Å². The molecule has 0 atom stereocenters. The van der Waals surface area contributed by atoms with Crippen LogP contribution in [0, 0.1) is 11.7 Å². The molecule has 1 saturated heterocycles. The Morgan fingerprint density at radius 2 is 2.06 bits per heavy atom. The van der Waals surface area contributed by atoms with E-state index in [1.165, 1.54) is 16.8 Å². The minimum atomic E-state index is -3.05. The molecule has 10 nitrogen and oxygen atoms in total. The van der Waals surface area contributed by atoms with Gasteiger partial charge in [0.25, 0.3) is 11.8 Å². The molecule has 0 aromatic carbocycles. The number of rotatable bonds is 7. The molecular weight excluding hydrogens is 465 g/mol. The Hall–Kier alpha value is -3.28. The summed E-state index contributed by atoms with van der Waals surface area (Å²) in [5.74, 6) is 0.0661. The maximum absolute atomic E-state index is 13.7. The topological polar surface area (TPSA) is 125 Å². The molecule has 1 amide bonds. The van der Waals surface area contributed by atoms with E-state index in [4.69, 9.17) is 9.47 Å². The Kier molecular flexibility index (Phi) is 5.62. The predicted octanol–water partition coefficient (Wildman–Crippen LogP) is 2.54. The third kappa shape index (κ3) is 5.11. The molecule has 0 bridgehead atoms. The van der Waals surface area contributed by atoms with Gasteiger partial charge in [0.2, 0.25) is 5.88 Å². The number of nitrogens with one attached hydrogen (secondary N) is 1. The van der Waals surface area contributed by atoms with E-state index in [0.717, 1.165) is 19.0 Å². The molecule has 180 valence electrons. The highest BCUT2D eigenvalue weighted by Gasteiger charge is 2.35. The normalized spacial score (nSPS) is 19.0. The van der Waals surface area contributed by atoms with Crippen molar-refractivity contribution in [2.75, 3.05) is 18.1 Å². The molecule has 0 spiro atoms. The van der Waals surface area contributed by atoms with Crippen molar-refractivity contribution < 1.29 is 27.1 Å². The van der Waals surface area contributed by atoms with Gasteiger partial charge in [-0.15, -0.1) is 5.10 Å². The molecule has 1 aliphatic carbocycles. The van der Waals surface area contributed by atoms with E-state index in [-0.39, 0.29) is 34.7 Å². The standard InChI is InChI=1S/C22H24FN5O5S/c1-22(6-8-34(30,31)9-7-22)26-20(29)16-12-28-18(25-16)4-5-19(27-28)33-21-17(10-15(23)11-24-21)32-13-14-2-3-14/h4-5,10-12,14H,2-3,6-9,13H2,1H3,(H,26,29). The number of imidazole rings is 1. The van der Waals surface area contributed by atoms with Crippen LogP contribution in [-0.2, 0) is 9.84 Å². The quantitative estimate of drug-likeness (QED) is 0.537. The molecule has 2 aliphatic rings. The molecule has 3 aromatic heterocycles. The maximum atomic E-state index is 13.7. The number of amides is 1. The van der Waals surface area contributed by atoms with Crippen molar-refractivity contribution in [3.63, 3.8) is 0 Å². The number of fused-ring (bicyclic) bond motifs is 1. The van der Waals surface area contributed by atoms with Crippen LogP contribution in [0.15, 0.2) is 30.6 Å². The number of hydrogen-bond acceptors (Lipinski definition) is 8. The van der Waals surface area contributed by atoms with E-state index < -0.39 is 27.1 Å². The highest BCUT2D eigenvalue weighted by molar-refractivity contribution is 7.91. The summed E-state index contributed by atoms with van der Waals surface area (Å²) < 4.78 is 49.8. The maximum Gasteiger partial charge on any atom is 0.271 e. The van der Waals surface area contributed by atoms with E-state index in [1.807, 2.05) is 6.92 Å². The van der Waals surface area contributed by atoms with Gasteiger partial charge in [-0.2, -0.15) is 0 Å². The third-order valence-corrected chi connectivity index (χ3v) is 7.68. The fourth-order valence-corrected chi connectivity index (χ4v) is 5.39. The first-order chi connectivity index (χ1) is 16.2. The van der Waals surface area contributed by atoms with Gasteiger partial charge in [-0.1, -0.05) is 0 Å². The lowest BCUT2D eigenvalue weighted by atomic mass is 9.95. The molecule has 3 aromatic rings. The summed E-state index contributed by atoms with van der Waals surface area (Å²) in [5.41, 5.74) is -0.0517. The fourth-order valence-electron chi connectivity index (χ4n) is 3.66. The van der Waals surface area contributed by atoms with Gasteiger partial charge in [-0.25, -0.2) is 27.3 Å². The van der Waals surface area contributed by atoms with Crippen LogP contribution in [0.3, 0.4) is 0 Å². The average Bonchev–Trinajstić information content (AvgIpc) is 3.52. The fraction of sp³-hybridized carbons (Fsp3) is 0.455. The molecule has 4 heterocycles. The number of sulfone groups is 1. The van der Waals surface area contributed by atoms with Crippen molar-refractivity contribution in [1.29, 1.82) is 0 Å². The Balaban J connectivity index is 1.31. The van der Waals surface area contributed by atoms with Gasteiger partial charge in [-0.3, -0.25) is 4.79 Å². The van der Waals surface area contributed by atoms with Crippen LogP contribution in [0.1, 0.15) is 43.1 Å². The lowest BCUT2D eigenvalue weighted by Crippen LogP contribution is -2.51. The summed E-state index contributed by atoms with van der Waals surface area (Å²) in [6.45, 7) is 2.30. The predicted molar refractivity (Wildman–Crippen MR) is 119 cm³/mol. The highest BCUT2D eigenvalue weighted by Crippen LogP contribution is 2.33. The number of ether oxygens (including phenoxy) is 2. The minimum absolute atomic E-state index is 0.0426. The number of hydrogen-bond donors (Lipinski definition) is 1. The molecule has 1 N–H and O–H groups in total. The Morgan fingerprint density at radius 1 is 1.29 bits per heavy atom. The van der Waals surface area contributed by atoms with Crippen LogP contribution >= 0.6 is 0 Å². The molecule has 34 heavy (non-hydrogen) atoms. The van der Waals surface area contributed by atoms with Gasteiger partial charge in [-0.05, 0) is 44.6 Å². The van der Waals surface area contributed by atoms with Crippen molar-refractivity contribution >= 4 is 21.4 Å². The first-order valence-electron chi connectivity index (χ1n) is 11.0. The number of carbonyl (C=O) groups excluding carboxylic acids is 1. The molecule has 0 radical (unpaired) electrons. The van der Waals surface area contributed by atoms with Crippen LogP contribution < -0.4 is 14.8 Å². The van der Waals surface area contributed by atoms with Gasteiger partial charge in [0, 0.05) is 17.7 Å². The summed E-state index contributed by atoms with van der Waals surface area (Å²) in [5, 5.41) is 7.22. The van der Waals surface area contributed by atoms with Crippen molar-refractivity contribution in [3.05, 3.63) is 42.1 Å². The molecule has 2 fully saturated rings. The molecule has 12 heteroatoms. The minimum Gasteiger partial charge on any atom is -0.488 e. The van der Waals surface area contributed by atoms with Crippen molar-refractivity contribution in [1.82, 2.24) is 24.9 Å². The second-order valence-corrected chi connectivity index (χ2v) is 11.4. The van der Waals surface area contributed by atoms with Gasteiger partial charge in [0.05, 0.1) is 30.5 Å². The molecule has 0 unspecified atom stereocenters. The van der Waals surface area contributed by atoms with Crippen molar-refractivity contribution in [2.24, 2.45) is 5.92 Å². The zero-order chi connectivity index (χ0) is 23.9. The summed E-state index contributed by atoms with van der Waals surface area (Å²) in [6.07, 6.45) is 5.37. The van der Waals surface area contributed by atoms with E-state index >= 15 is 0 Å². The molecular formula is C22H24FN5O5S. The number of aromatic nitrogens is 4. The average molecular weight is 490 g/mol. The van der Waals surface area contributed by atoms with Gasteiger partial charge >= 0.3 is 0 Å². The van der Waals surface area contributed by atoms with Crippen LogP contribution in [0.25, 0.3) is 5.65 Å². The zero-order valence-electron chi connectivity index (χ0n) is 18.5. The summed E-state index contributed by atoms with van der Waals surface area (Å²) >= 11 is 0. The highest BCUT2D eigenvalue weighted by atomic mass is 32.2. The zero-order valence-corrected chi connectivity index (χ0v) is 19.3. The van der Waals surface area contributed by atoms with Gasteiger partial charge in [0.15, 0.2) is 11.4 Å². The Morgan fingerprint density at radius 3 is 2.79 bits per heavy atom. The summed E-state index contributed by atoms with van der Waals surface area (Å²) in [4.78, 5) is 21.0. The second-order valence-electron chi connectivity index (χ2n) is 9.08. The number of pyridine rings is 1. The number of carbonyl (C=O) groups is 1. The number of halogens is 1. The smallest absolute Gasteiger partial charge is 0.271 e. The molecule has 1 saturated carbocycles. The third-order valence-electron chi connectivity index (χ3n) is 6.03. The monoisotopic (exact) mass is 489 g/mol. The van der Waals surface area contributed by atoms with Crippen molar-refractivity contribution in [2.45, 2.75) is 38.1 Å². The van der Waals surface area contributed by atoms with Crippen LogP contribution in [-0.4, -0.2) is 57.6 Å². The lowest BCUT2D eigenvalue weighted by Gasteiger charge is -2.34. The van der Waals surface area contributed by atoms with E-state index in [2.05, 4.69) is 20.4 Å². The van der Waals surface area contributed by atoms with Crippen molar-refractivity contribution in [3.8, 4) is 17.5 Å². The first kappa shape index (κ1) is 22.5. The largest absolute Gasteiger partial charge is 0.488 e. The van der Waals surface area contributed by atoms with Crippen LogP contribution in [0.4, 0.5) is 4.39 Å². The summed E-state index contributed by atoms with van der Waals surface area (Å²) in [6, 6.07) is 4.41. The Labute approximate surface area is 195 Å².